The van der Waals surface area contributed by atoms with Gasteiger partial charge in [0.05, 0.1) is 35.9 Å². The predicted molar refractivity (Wildman–Crippen MR) is 128 cm³/mol. The van der Waals surface area contributed by atoms with Gasteiger partial charge in [-0.25, -0.2) is 0 Å². The first-order chi connectivity index (χ1) is 15.4. The number of pyridine rings is 2. The van der Waals surface area contributed by atoms with E-state index in [2.05, 4.69) is 47.4 Å². The molecule has 4 aromatic heterocycles. The van der Waals surface area contributed by atoms with Gasteiger partial charge in [-0.05, 0) is 48.7 Å². The van der Waals surface area contributed by atoms with Gasteiger partial charge >= 0.3 is 6.18 Å². The van der Waals surface area contributed by atoms with Gasteiger partial charge in [-0.15, -0.1) is 17.4 Å². The van der Waals surface area contributed by atoms with E-state index in [1.807, 2.05) is 38.1 Å². The van der Waals surface area contributed by atoms with Crippen molar-refractivity contribution in [3.05, 3.63) is 77.2 Å². The van der Waals surface area contributed by atoms with E-state index in [1.165, 1.54) is 5.19 Å². The Balaban J connectivity index is 0.00000324. The molecule has 4 aromatic rings. The van der Waals surface area contributed by atoms with Crippen LogP contribution in [0.4, 0.5) is 13.2 Å². The van der Waals surface area contributed by atoms with E-state index in [0.717, 1.165) is 27.0 Å². The molecular formula is C24H24F3N4PtSSi-. The van der Waals surface area contributed by atoms with Gasteiger partial charge in [0, 0.05) is 32.2 Å². The second-order valence-corrected chi connectivity index (χ2v) is 15.4. The first kappa shape index (κ1) is 26.5. The molecule has 0 atom stereocenters. The Bertz CT molecular complexity index is 1190. The minimum atomic E-state index is -4.53. The maximum absolute atomic E-state index is 12.9. The van der Waals surface area contributed by atoms with Gasteiger partial charge in [0.1, 0.15) is 0 Å². The van der Waals surface area contributed by atoms with Crippen LogP contribution in [0, 0.1) is 6.20 Å². The fourth-order valence-electron chi connectivity index (χ4n) is 3.35. The van der Waals surface area contributed by atoms with Crippen molar-refractivity contribution in [2.75, 3.05) is 0 Å². The van der Waals surface area contributed by atoms with E-state index in [0.29, 0.717) is 5.69 Å². The van der Waals surface area contributed by atoms with Gasteiger partial charge < -0.3 is 4.68 Å². The topological polar surface area (TPSA) is 43.6 Å². The van der Waals surface area contributed by atoms with Gasteiger partial charge in [-0.2, -0.15) is 13.2 Å². The number of hydrogen-bond donors (Lipinski definition) is 0. The Kier molecular flexibility index (Phi) is 7.42. The first-order valence-corrected chi connectivity index (χ1v) is 14.8. The third-order valence-corrected chi connectivity index (χ3v) is 8.70. The molecule has 34 heavy (non-hydrogen) atoms. The van der Waals surface area contributed by atoms with Crippen molar-refractivity contribution in [1.82, 2.24) is 19.7 Å². The zero-order valence-electron chi connectivity index (χ0n) is 19.3. The summed E-state index contributed by atoms with van der Waals surface area (Å²) in [6, 6.07) is 14.2. The number of aromatic nitrogens is 4. The first-order valence-electron chi connectivity index (χ1n) is 10.5. The van der Waals surface area contributed by atoms with Crippen LogP contribution in [0.5, 0.6) is 0 Å². The Hall–Kier alpha value is -2.09. The van der Waals surface area contributed by atoms with E-state index in [4.69, 9.17) is 4.98 Å². The molecule has 4 rings (SSSR count). The van der Waals surface area contributed by atoms with E-state index < -0.39 is 25.4 Å². The number of halogens is 3. The van der Waals surface area contributed by atoms with Gasteiger partial charge in [0.15, 0.2) is 0 Å². The minimum absolute atomic E-state index is 0. The number of alkyl halides is 3. The molecule has 0 saturated carbocycles. The van der Waals surface area contributed by atoms with Crippen LogP contribution >= 0.6 is 11.3 Å². The average molecular weight is 681 g/mol. The molecule has 0 aliphatic heterocycles. The summed E-state index contributed by atoms with van der Waals surface area (Å²) < 4.78 is 39.8. The van der Waals surface area contributed by atoms with Gasteiger partial charge in [-0.3, -0.25) is 15.1 Å². The third kappa shape index (κ3) is 5.42. The molecule has 4 heterocycles. The van der Waals surface area contributed by atoms with Crippen molar-refractivity contribution in [2.45, 2.75) is 45.1 Å². The molecule has 0 aliphatic carbocycles. The van der Waals surface area contributed by atoms with Crippen LogP contribution in [0.1, 0.15) is 30.9 Å². The maximum Gasteiger partial charge on any atom is 0.388 e. The molecule has 0 aliphatic rings. The van der Waals surface area contributed by atoms with Crippen molar-refractivity contribution < 1.29 is 34.2 Å². The summed E-state index contributed by atoms with van der Waals surface area (Å²) in [5.41, 5.74) is 0.827. The zero-order chi connectivity index (χ0) is 24.0. The summed E-state index contributed by atoms with van der Waals surface area (Å²) in [4.78, 5) is 10.7. The summed E-state index contributed by atoms with van der Waals surface area (Å²) in [6.07, 6.45) is -2.02. The summed E-state index contributed by atoms with van der Waals surface area (Å²) in [5, 5.41) is 7.21. The van der Waals surface area contributed by atoms with Gasteiger partial charge in [-0.1, -0.05) is 44.0 Å². The Labute approximate surface area is 216 Å². The Morgan fingerprint density at radius 3 is 2.18 bits per heavy atom. The van der Waals surface area contributed by atoms with E-state index in [1.54, 1.807) is 23.5 Å². The molecule has 0 fully saturated rings. The largest absolute Gasteiger partial charge is 0.388 e. The molecule has 0 N–H and O–H groups in total. The van der Waals surface area contributed by atoms with Crippen LogP contribution in [0.2, 0.25) is 19.6 Å². The normalized spacial score (nSPS) is 12.5. The van der Waals surface area contributed by atoms with Crippen LogP contribution < -0.4 is 5.19 Å². The Morgan fingerprint density at radius 2 is 1.59 bits per heavy atom. The smallest absolute Gasteiger partial charge is 0.343 e. The monoisotopic (exact) mass is 680 g/mol. The van der Waals surface area contributed by atoms with E-state index in [-0.39, 0.29) is 26.9 Å². The van der Waals surface area contributed by atoms with Crippen molar-refractivity contribution in [1.29, 1.82) is 0 Å². The van der Waals surface area contributed by atoms with Crippen molar-refractivity contribution in [3.8, 4) is 16.4 Å². The fraction of sp³-hybridized carbons (Fsp3) is 0.292. The standard InChI is InChI=1S/C24H24F3N4SSi.Pt/c1-23(2,19-9-6-8-17(28-19)18-14-16(15-32-18)33(3,4)5)20-10-7-11-22(29-20)31-13-12-21(30-31)24(25,26)27;/h6-12,14-15H,1-5H3;/q-1;. The summed E-state index contributed by atoms with van der Waals surface area (Å²) in [6.45, 7) is 11.0. The van der Waals surface area contributed by atoms with E-state index in [9.17, 15) is 13.2 Å². The second kappa shape index (κ2) is 9.51. The van der Waals surface area contributed by atoms with Crippen LogP contribution in [0.15, 0.2) is 53.9 Å². The van der Waals surface area contributed by atoms with Crippen molar-refractivity contribution in [2.24, 2.45) is 0 Å². The maximum atomic E-state index is 12.9. The zero-order valence-corrected chi connectivity index (χ0v) is 23.4. The summed E-state index contributed by atoms with van der Waals surface area (Å²) in [7, 11) is -1.41. The predicted octanol–water partition coefficient (Wildman–Crippen LogP) is 6.08. The van der Waals surface area contributed by atoms with Crippen molar-refractivity contribution >= 4 is 24.6 Å². The summed E-state index contributed by atoms with van der Waals surface area (Å²) in [5.74, 6) is 0.269. The summed E-state index contributed by atoms with van der Waals surface area (Å²) >= 11 is 1.70. The number of rotatable bonds is 5. The molecule has 10 heteroatoms. The number of thiophene rings is 1. The van der Waals surface area contributed by atoms with Crippen LogP contribution in [0.3, 0.4) is 0 Å². The third-order valence-electron chi connectivity index (χ3n) is 5.52. The van der Waals surface area contributed by atoms with Crippen LogP contribution in [-0.4, -0.2) is 27.8 Å². The van der Waals surface area contributed by atoms with Gasteiger partial charge in [0.25, 0.3) is 0 Å². The number of nitrogens with zero attached hydrogens (tertiary/aromatic N) is 4. The fourth-order valence-corrected chi connectivity index (χ4v) is 6.37. The van der Waals surface area contributed by atoms with Crippen LogP contribution in [0.25, 0.3) is 16.4 Å². The molecule has 0 amide bonds. The molecule has 0 aromatic carbocycles. The van der Waals surface area contributed by atoms with Crippen molar-refractivity contribution in [3.63, 3.8) is 0 Å². The van der Waals surface area contributed by atoms with E-state index >= 15 is 0 Å². The Morgan fingerprint density at radius 1 is 0.941 bits per heavy atom. The van der Waals surface area contributed by atoms with Crippen LogP contribution in [-0.2, 0) is 32.7 Å². The minimum Gasteiger partial charge on any atom is -0.343 e. The molecule has 0 saturated heterocycles. The quantitative estimate of drug-likeness (QED) is 0.190. The second-order valence-electron chi connectivity index (χ2n) is 9.43. The van der Waals surface area contributed by atoms with Gasteiger partial charge in [0.2, 0.25) is 0 Å². The SMILES string of the molecule is CC(C)(c1cccc(-c2cc([Si](C)(C)C)cs2)n1)c1cccc(-n2[c-]cc(C(F)(F)F)n2)n1.[Pt]. The number of hydrogen-bond acceptors (Lipinski definition) is 4. The molecule has 0 radical (unpaired) electrons. The molecule has 0 bridgehead atoms. The molecule has 0 spiro atoms. The molecule has 182 valence electrons. The average Bonchev–Trinajstić information content (AvgIpc) is 3.44. The molecule has 4 nitrogen and oxygen atoms in total. The molecular weight excluding hydrogens is 657 g/mol. The molecule has 0 unspecified atom stereocenters.